The van der Waals surface area contributed by atoms with Crippen molar-refractivity contribution in [1.29, 1.82) is 5.26 Å². The Balaban J connectivity index is 1.53. The highest BCUT2D eigenvalue weighted by atomic mass is 16.5. The Kier molecular flexibility index (Phi) is 5.11. The molecular weight excluding hydrogens is 302 g/mol. The maximum Gasteiger partial charge on any atom is 0.214 e. The van der Waals surface area contributed by atoms with Crippen LogP contribution in [-0.4, -0.2) is 39.4 Å². The molecule has 0 aliphatic carbocycles. The molecule has 126 valence electrons. The Morgan fingerprint density at radius 2 is 2.33 bits per heavy atom. The van der Waals surface area contributed by atoms with E-state index in [1.165, 1.54) is 18.4 Å². The molecule has 0 saturated carbocycles. The number of piperidine rings is 1. The normalized spacial score (nSPS) is 18.3. The summed E-state index contributed by atoms with van der Waals surface area (Å²) < 4.78 is 7.69. The van der Waals surface area contributed by atoms with Crippen LogP contribution in [0.25, 0.3) is 0 Å². The molecular formula is C18H23N5O. The van der Waals surface area contributed by atoms with Crippen molar-refractivity contribution in [3.63, 3.8) is 0 Å². The van der Waals surface area contributed by atoms with E-state index < -0.39 is 0 Å². The van der Waals surface area contributed by atoms with E-state index in [2.05, 4.69) is 34.2 Å². The molecule has 3 heterocycles. The minimum Gasteiger partial charge on any atom is -0.477 e. The third-order valence-electron chi connectivity index (χ3n) is 4.44. The summed E-state index contributed by atoms with van der Waals surface area (Å²) in [5.41, 5.74) is 2.98. The third kappa shape index (κ3) is 4.12. The zero-order valence-corrected chi connectivity index (χ0v) is 14.3. The molecule has 6 heteroatoms. The third-order valence-corrected chi connectivity index (χ3v) is 4.44. The lowest BCUT2D eigenvalue weighted by atomic mass is 9.98. The van der Waals surface area contributed by atoms with Crippen molar-refractivity contribution in [3.8, 4) is 11.9 Å². The van der Waals surface area contributed by atoms with Crippen LogP contribution in [0.2, 0.25) is 0 Å². The van der Waals surface area contributed by atoms with Gasteiger partial charge in [-0.25, -0.2) is 4.98 Å². The largest absolute Gasteiger partial charge is 0.477 e. The molecule has 0 amide bonds. The van der Waals surface area contributed by atoms with Crippen LogP contribution in [0.1, 0.15) is 29.7 Å². The average Bonchev–Trinajstić information content (AvgIpc) is 2.91. The smallest absolute Gasteiger partial charge is 0.214 e. The van der Waals surface area contributed by atoms with Crippen LogP contribution in [-0.2, 0) is 13.6 Å². The van der Waals surface area contributed by atoms with Gasteiger partial charge in [0, 0.05) is 50.1 Å². The van der Waals surface area contributed by atoms with Gasteiger partial charge in [0.05, 0.1) is 23.9 Å². The Morgan fingerprint density at radius 3 is 3.08 bits per heavy atom. The number of ether oxygens (including phenoxy) is 1. The van der Waals surface area contributed by atoms with Crippen molar-refractivity contribution in [2.24, 2.45) is 13.0 Å². The number of aromatic nitrogens is 3. The van der Waals surface area contributed by atoms with E-state index in [9.17, 15) is 0 Å². The van der Waals surface area contributed by atoms with Crippen molar-refractivity contribution >= 4 is 0 Å². The Morgan fingerprint density at radius 1 is 1.46 bits per heavy atom. The second-order valence-corrected chi connectivity index (χ2v) is 6.46. The summed E-state index contributed by atoms with van der Waals surface area (Å²) in [4.78, 5) is 6.65. The van der Waals surface area contributed by atoms with Gasteiger partial charge in [-0.2, -0.15) is 10.4 Å². The van der Waals surface area contributed by atoms with Gasteiger partial charge in [0.25, 0.3) is 0 Å². The highest BCUT2D eigenvalue weighted by Gasteiger charge is 2.21. The highest BCUT2D eigenvalue weighted by Crippen LogP contribution is 2.20. The molecule has 24 heavy (non-hydrogen) atoms. The molecule has 1 saturated heterocycles. The quantitative estimate of drug-likeness (QED) is 0.844. The van der Waals surface area contributed by atoms with Crippen LogP contribution >= 0.6 is 0 Å². The van der Waals surface area contributed by atoms with Crippen molar-refractivity contribution < 1.29 is 4.74 Å². The first-order valence-corrected chi connectivity index (χ1v) is 8.34. The van der Waals surface area contributed by atoms with Gasteiger partial charge >= 0.3 is 0 Å². The van der Waals surface area contributed by atoms with Gasteiger partial charge in [-0.05, 0) is 32.4 Å². The topological polar surface area (TPSA) is 67.0 Å². The molecule has 0 spiro atoms. The van der Waals surface area contributed by atoms with E-state index in [1.54, 1.807) is 18.3 Å². The van der Waals surface area contributed by atoms with E-state index in [0.717, 1.165) is 25.3 Å². The molecule has 6 nitrogen and oxygen atoms in total. The molecule has 1 aliphatic rings. The zero-order chi connectivity index (χ0) is 16.9. The number of hydrogen-bond acceptors (Lipinski definition) is 5. The molecule has 3 rings (SSSR count). The summed E-state index contributed by atoms with van der Waals surface area (Å²) in [7, 11) is 1.96. The first-order chi connectivity index (χ1) is 11.6. The van der Waals surface area contributed by atoms with Crippen molar-refractivity contribution in [2.45, 2.75) is 26.3 Å². The van der Waals surface area contributed by atoms with E-state index in [0.29, 0.717) is 24.0 Å². The first kappa shape index (κ1) is 16.5. The maximum atomic E-state index is 8.93. The minimum absolute atomic E-state index is 0.489. The second kappa shape index (κ2) is 7.45. The molecule has 1 fully saturated rings. The highest BCUT2D eigenvalue weighted by molar-refractivity contribution is 5.31. The van der Waals surface area contributed by atoms with Gasteiger partial charge in [0.1, 0.15) is 0 Å². The maximum absolute atomic E-state index is 8.93. The van der Waals surface area contributed by atoms with E-state index in [-0.39, 0.29) is 0 Å². The zero-order valence-electron chi connectivity index (χ0n) is 14.3. The Bertz CT molecular complexity index is 733. The standard InChI is InChI=1S/C18H23N5O/c1-14-17(11-22(2)21-14)12-23-7-3-4-16(10-23)13-24-18-8-15(9-19)5-6-20-18/h5-6,8,11,16H,3-4,7,10,12-13H2,1-2H3. The van der Waals surface area contributed by atoms with Crippen LogP contribution in [0.3, 0.4) is 0 Å². The summed E-state index contributed by atoms with van der Waals surface area (Å²) >= 11 is 0. The van der Waals surface area contributed by atoms with Gasteiger partial charge in [0.2, 0.25) is 5.88 Å². The average molecular weight is 325 g/mol. The summed E-state index contributed by atoms with van der Waals surface area (Å²) in [6.45, 7) is 5.79. The molecule has 2 aromatic rings. The second-order valence-electron chi connectivity index (χ2n) is 6.46. The summed E-state index contributed by atoms with van der Waals surface area (Å²) in [5, 5.41) is 13.3. The predicted octanol–water partition coefficient (Wildman–Crippen LogP) is 2.29. The minimum atomic E-state index is 0.489. The molecule has 0 N–H and O–H groups in total. The van der Waals surface area contributed by atoms with Crippen molar-refractivity contribution in [1.82, 2.24) is 19.7 Å². The fourth-order valence-electron chi connectivity index (χ4n) is 3.24. The fraction of sp³-hybridized carbons (Fsp3) is 0.500. The monoisotopic (exact) mass is 325 g/mol. The molecule has 1 unspecified atom stereocenters. The van der Waals surface area contributed by atoms with Gasteiger partial charge < -0.3 is 4.74 Å². The number of rotatable bonds is 5. The van der Waals surface area contributed by atoms with E-state index in [4.69, 9.17) is 10.00 Å². The summed E-state index contributed by atoms with van der Waals surface area (Å²) in [6.07, 6.45) is 6.07. The Labute approximate surface area is 142 Å². The van der Waals surface area contributed by atoms with Gasteiger partial charge in [0.15, 0.2) is 0 Å². The molecule has 1 atom stereocenters. The number of hydrogen-bond donors (Lipinski definition) is 0. The number of nitriles is 1. The predicted molar refractivity (Wildman–Crippen MR) is 90.4 cm³/mol. The van der Waals surface area contributed by atoms with Crippen molar-refractivity contribution in [2.75, 3.05) is 19.7 Å². The van der Waals surface area contributed by atoms with Crippen LogP contribution < -0.4 is 4.74 Å². The van der Waals surface area contributed by atoms with Gasteiger partial charge in [-0.15, -0.1) is 0 Å². The molecule has 2 aromatic heterocycles. The van der Waals surface area contributed by atoms with Crippen LogP contribution in [0.4, 0.5) is 0 Å². The van der Waals surface area contributed by atoms with E-state index >= 15 is 0 Å². The lowest BCUT2D eigenvalue weighted by Gasteiger charge is -2.32. The van der Waals surface area contributed by atoms with Crippen LogP contribution in [0, 0.1) is 24.2 Å². The Hall–Kier alpha value is -2.39. The van der Waals surface area contributed by atoms with Crippen molar-refractivity contribution in [3.05, 3.63) is 41.3 Å². The molecule has 1 aliphatic heterocycles. The number of aryl methyl sites for hydroxylation is 2. The molecule has 0 bridgehead atoms. The fourth-order valence-corrected chi connectivity index (χ4v) is 3.24. The lowest BCUT2D eigenvalue weighted by Crippen LogP contribution is -2.37. The lowest BCUT2D eigenvalue weighted by molar-refractivity contribution is 0.123. The van der Waals surface area contributed by atoms with Crippen LogP contribution in [0.15, 0.2) is 24.5 Å². The SMILES string of the molecule is Cc1nn(C)cc1CN1CCCC(COc2cc(C#N)ccn2)C1. The van der Waals surface area contributed by atoms with Gasteiger partial charge in [-0.3, -0.25) is 9.58 Å². The van der Waals surface area contributed by atoms with Crippen LogP contribution in [0.5, 0.6) is 5.88 Å². The molecule has 0 aromatic carbocycles. The van der Waals surface area contributed by atoms with Gasteiger partial charge in [-0.1, -0.05) is 0 Å². The number of likely N-dealkylation sites (tertiary alicyclic amines) is 1. The number of nitrogens with zero attached hydrogens (tertiary/aromatic N) is 5. The van der Waals surface area contributed by atoms with E-state index in [1.807, 2.05) is 11.7 Å². The first-order valence-electron chi connectivity index (χ1n) is 8.34. The number of pyridine rings is 1. The summed E-state index contributed by atoms with van der Waals surface area (Å²) in [5.74, 6) is 1.03. The molecule has 0 radical (unpaired) electrons. The summed E-state index contributed by atoms with van der Waals surface area (Å²) in [6, 6.07) is 5.49.